The van der Waals surface area contributed by atoms with Crippen LogP contribution < -0.4 is 10.9 Å². The lowest BCUT2D eigenvalue weighted by molar-refractivity contribution is -0.113. The Kier molecular flexibility index (Phi) is 6.05. The fourth-order valence-electron chi connectivity index (χ4n) is 4.02. The first-order valence-corrected chi connectivity index (χ1v) is 12.6. The molecule has 6 nitrogen and oxygen atoms in total. The average molecular weight is 477 g/mol. The maximum absolute atomic E-state index is 13.8. The third-order valence-electron chi connectivity index (χ3n) is 5.72. The number of amides is 1. The van der Waals surface area contributed by atoms with Crippen molar-refractivity contribution in [1.29, 1.82) is 0 Å². The van der Waals surface area contributed by atoms with E-state index in [2.05, 4.69) is 17.3 Å². The number of benzene rings is 2. The lowest BCUT2D eigenvalue weighted by Crippen LogP contribution is -2.27. The van der Waals surface area contributed by atoms with E-state index in [0.29, 0.717) is 5.16 Å². The molecule has 0 aliphatic carbocycles. The number of fused-ring (bicyclic) bond motifs is 3. The number of hydrogen-bond donors (Lipinski definition) is 1. The molecule has 0 unspecified atom stereocenters. The third-order valence-corrected chi connectivity index (χ3v) is 7.77. The van der Waals surface area contributed by atoms with Crippen LogP contribution in [-0.4, -0.2) is 39.7 Å². The van der Waals surface area contributed by atoms with Crippen molar-refractivity contribution in [2.45, 2.75) is 25.0 Å². The molecule has 2 aromatic carbocycles. The SMILES string of the molecule is Cc1ccc(-n2c(SCC(=O)Nc3ccccc3)nc3sc4c(c3c2=O)CCN(C)C4)cc1. The van der Waals surface area contributed by atoms with Gasteiger partial charge in [-0.15, -0.1) is 11.3 Å². The molecule has 1 aliphatic rings. The lowest BCUT2D eigenvalue weighted by atomic mass is 10.1. The van der Waals surface area contributed by atoms with E-state index in [-0.39, 0.29) is 17.2 Å². The standard InChI is InChI=1S/C25H24N4O2S2/c1-16-8-10-18(11-9-16)29-24(31)22-19-12-13-28(2)14-20(19)33-23(22)27-25(29)32-15-21(30)26-17-6-4-3-5-7-17/h3-11H,12-15H2,1-2H3,(H,26,30). The van der Waals surface area contributed by atoms with Gasteiger partial charge in [0.15, 0.2) is 5.16 Å². The van der Waals surface area contributed by atoms with Gasteiger partial charge in [0.05, 0.1) is 16.8 Å². The Hall–Kier alpha value is -2.94. The molecule has 0 bridgehead atoms. The minimum absolute atomic E-state index is 0.0585. The van der Waals surface area contributed by atoms with Crippen molar-refractivity contribution >= 4 is 44.9 Å². The average Bonchev–Trinajstić information content (AvgIpc) is 3.17. The molecule has 1 N–H and O–H groups in total. The monoisotopic (exact) mass is 476 g/mol. The first kappa shape index (κ1) is 21.9. The molecule has 0 spiro atoms. The number of anilines is 1. The van der Waals surface area contributed by atoms with Crippen LogP contribution >= 0.6 is 23.1 Å². The fraction of sp³-hybridized carbons (Fsp3) is 0.240. The number of likely N-dealkylation sites (N-methyl/N-ethyl adjacent to an activating group) is 1. The number of nitrogens with zero attached hydrogens (tertiary/aromatic N) is 3. The minimum Gasteiger partial charge on any atom is -0.325 e. The highest BCUT2D eigenvalue weighted by atomic mass is 32.2. The maximum Gasteiger partial charge on any atom is 0.267 e. The largest absolute Gasteiger partial charge is 0.325 e. The Morgan fingerprint density at radius 2 is 1.91 bits per heavy atom. The zero-order valence-corrected chi connectivity index (χ0v) is 20.1. The van der Waals surface area contributed by atoms with Gasteiger partial charge >= 0.3 is 0 Å². The molecule has 5 rings (SSSR count). The Balaban J connectivity index is 1.54. The summed E-state index contributed by atoms with van der Waals surface area (Å²) in [5, 5.41) is 4.16. The van der Waals surface area contributed by atoms with Crippen LogP contribution in [0.15, 0.2) is 64.5 Å². The van der Waals surface area contributed by atoms with Crippen molar-refractivity contribution in [2.75, 3.05) is 24.7 Å². The molecule has 0 radical (unpaired) electrons. The zero-order chi connectivity index (χ0) is 22.9. The highest BCUT2D eigenvalue weighted by molar-refractivity contribution is 7.99. The van der Waals surface area contributed by atoms with Gasteiger partial charge in [-0.05, 0) is 50.2 Å². The van der Waals surface area contributed by atoms with Gasteiger partial charge in [-0.1, -0.05) is 47.7 Å². The van der Waals surface area contributed by atoms with Gasteiger partial charge < -0.3 is 10.2 Å². The Labute approximate surface area is 200 Å². The normalized spacial score (nSPS) is 13.8. The number of carbonyl (C=O) groups excluding carboxylic acids is 1. The topological polar surface area (TPSA) is 67.2 Å². The molecule has 168 valence electrons. The molecule has 1 amide bonds. The van der Waals surface area contributed by atoms with Crippen molar-refractivity contribution in [3.63, 3.8) is 0 Å². The highest BCUT2D eigenvalue weighted by Crippen LogP contribution is 2.34. The molecule has 3 heterocycles. The highest BCUT2D eigenvalue weighted by Gasteiger charge is 2.24. The molecular formula is C25H24N4O2S2. The lowest BCUT2D eigenvalue weighted by Gasteiger charge is -2.21. The van der Waals surface area contributed by atoms with Crippen molar-refractivity contribution in [3.8, 4) is 5.69 Å². The fourth-order valence-corrected chi connectivity index (χ4v) is 6.17. The Bertz CT molecular complexity index is 1380. The summed E-state index contributed by atoms with van der Waals surface area (Å²) in [6.45, 7) is 3.78. The van der Waals surface area contributed by atoms with Crippen LogP contribution in [0.5, 0.6) is 0 Å². The quantitative estimate of drug-likeness (QED) is 0.340. The number of thiophene rings is 1. The van der Waals surface area contributed by atoms with Gasteiger partial charge in [-0.25, -0.2) is 4.98 Å². The molecule has 4 aromatic rings. The van der Waals surface area contributed by atoms with Gasteiger partial charge in [0.2, 0.25) is 5.91 Å². The number of aromatic nitrogens is 2. The van der Waals surface area contributed by atoms with Gasteiger partial charge in [-0.3, -0.25) is 14.2 Å². The third kappa shape index (κ3) is 4.46. The number of aryl methyl sites for hydroxylation is 1. The molecule has 1 aliphatic heterocycles. The van der Waals surface area contributed by atoms with Crippen LogP contribution in [0, 0.1) is 6.92 Å². The number of thioether (sulfide) groups is 1. The number of nitrogens with one attached hydrogen (secondary N) is 1. The van der Waals surface area contributed by atoms with E-state index in [4.69, 9.17) is 4.98 Å². The zero-order valence-electron chi connectivity index (χ0n) is 18.5. The van der Waals surface area contributed by atoms with Crippen LogP contribution in [0.3, 0.4) is 0 Å². The first-order chi connectivity index (χ1) is 16.0. The molecule has 0 fully saturated rings. The van der Waals surface area contributed by atoms with Crippen molar-refractivity contribution in [2.24, 2.45) is 0 Å². The number of para-hydroxylation sites is 1. The number of rotatable bonds is 5. The first-order valence-electron chi connectivity index (χ1n) is 10.8. The number of hydrogen-bond acceptors (Lipinski definition) is 6. The Morgan fingerprint density at radius 3 is 2.67 bits per heavy atom. The molecule has 0 saturated heterocycles. The van der Waals surface area contributed by atoms with Gasteiger partial charge in [-0.2, -0.15) is 0 Å². The molecule has 33 heavy (non-hydrogen) atoms. The second-order valence-corrected chi connectivity index (χ2v) is 10.3. The van der Waals surface area contributed by atoms with Crippen molar-refractivity contribution in [1.82, 2.24) is 14.5 Å². The predicted octanol–water partition coefficient (Wildman–Crippen LogP) is 4.47. The summed E-state index contributed by atoms with van der Waals surface area (Å²) >= 11 is 2.88. The van der Waals surface area contributed by atoms with E-state index < -0.39 is 0 Å². The maximum atomic E-state index is 13.8. The van der Waals surface area contributed by atoms with E-state index >= 15 is 0 Å². The van der Waals surface area contributed by atoms with Crippen molar-refractivity contribution < 1.29 is 4.79 Å². The molecule has 8 heteroatoms. The van der Waals surface area contributed by atoms with Gasteiger partial charge in [0, 0.05) is 23.7 Å². The van der Waals surface area contributed by atoms with Crippen LogP contribution in [-0.2, 0) is 17.8 Å². The minimum atomic E-state index is -0.136. The molecule has 0 saturated carbocycles. The molecule has 2 aromatic heterocycles. The van der Waals surface area contributed by atoms with Crippen LogP contribution in [0.4, 0.5) is 5.69 Å². The van der Waals surface area contributed by atoms with E-state index in [1.165, 1.54) is 16.6 Å². The van der Waals surface area contributed by atoms with E-state index in [1.807, 2.05) is 61.5 Å². The summed E-state index contributed by atoms with van der Waals surface area (Å²) in [5.41, 5.74) is 3.70. The second-order valence-electron chi connectivity index (χ2n) is 8.25. The van der Waals surface area contributed by atoms with Crippen molar-refractivity contribution in [3.05, 3.63) is 81.0 Å². The summed E-state index contributed by atoms with van der Waals surface area (Å²) in [7, 11) is 2.10. The Morgan fingerprint density at radius 1 is 1.15 bits per heavy atom. The van der Waals surface area contributed by atoms with Gasteiger partial charge in [0.1, 0.15) is 4.83 Å². The van der Waals surface area contributed by atoms with E-state index in [9.17, 15) is 9.59 Å². The summed E-state index contributed by atoms with van der Waals surface area (Å²) < 4.78 is 1.66. The second kappa shape index (κ2) is 9.13. The van der Waals surface area contributed by atoms with Crippen LogP contribution in [0.2, 0.25) is 0 Å². The van der Waals surface area contributed by atoms with E-state index in [1.54, 1.807) is 15.9 Å². The van der Waals surface area contributed by atoms with E-state index in [0.717, 1.165) is 52.2 Å². The van der Waals surface area contributed by atoms with Crippen LogP contribution in [0.25, 0.3) is 15.9 Å². The van der Waals surface area contributed by atoms with Gasteiger partial charge in [0.25, 0.3) is 5.56 Å². The summed E-state index contributed by atoms with van der Waals surface area (Å²) in [4.78, 5) is 35.5. The number of carbonyl (C=O) groups is 1. The molecular weight excluding hydrogens is 452 g/mol. The summed E-state index contributed by atoms with van der Waals surface area (Å²) in [5.74, 6) is 0.0232. The predicted molar refractivity (Wildman–Crippen MR) is 136 cm³/mol. The molecule has 0 atom stereocenters. The smallest absolute Gasteiger partial charge is 0.267 e. The summed E-state index contributed by atoms with van der Waals surface area (Å²) in [6.07, 6.45) is 0.850. The van der Waals surface area contributed by atoms with Crippen LogP contribution in [0.1, 0.15) is 16.0 Å². The summed E-state index contributed by atoms with van der Waals surface area (Å²) in [6, 6.07) is 17.2.